The Labute approximate surface area is 227 Å². The maximum Gasteiger partial charge on any atom is 0.259 e. The molecule has 0 aliphatic carbocycles. The number of nitrogens with one attached hydrogen (secondary N) is 1. The van der Waals surface area contributed by atoms with Gasteiger partial charge in [-0.15, -0.1) is 12.4 Å². The molecule has 0 unspecified atom stereocenters. The van der Waals surface area contributed by atoms with Crippen molar-refractivity contribution in [3.63, 3.8) is 0 Å². The number of nitrogens with zero attached hydrogens (tertiary/aromatic N) is 4. The number of rotatable bonds is 4. The van der Waals surface area contributed by atoms with Gasteiger partial charge in [0, 0.05) is 42.2 Å². The van der Waals surface area contributed by atoms with Crippen LogP contribution in [-0.2, 0) is 0 Å². The molecular weight excluding hydrogens is 505 g/mol. The highest BCUT2D eigenvalue weighted by Gasteiger charge is 2.29. The van der Waals surface area contributed by atoms with Crippen LogP contribution in [0.25, 0.3) is 22.2 Å². The van der Waals surface area contributed by atoms with Gasteiger partial charge in [-0.05, 0) is 57.6 Å². The predicted octanol–water partition coefficient (Wildman–Crippen LogP) is 6.02. The first-order chi connectivity index (χ1) is 17.7. The molecule has 1 aliphatic heterocycles. The van der Waals surface area contributed by atoms with Gasteiger partial charge >= 0.3 is 0 Å². The first-order valence-corrected chi connectivity index (χ1v) is 12.2. The first kappa shape index (κ1) is 27.1. The molecule has 0 bridgehead atoms. The van der Waals surface area contributed by atoms with E-state index in [0.717, 1.165) is 16.8 Å². The summed E-state index contributed by atoms with van der Waals surface area (Å²) in [7, 11) is 2.08. The smallest absolute Gasteiger partial charge is 0.259 e. The van der Waals surface area contributed by atoms with Crippen molar-refractivity contribution in [3.05, 3.63) is 77.4 Å². The van der Waals surface area contributed by atoms with Gasteiger partial charge in [0.15, 0.2) is 0 Å². The number of hydrogen-bond donors (Lipinski definition) is 1. The van der Waals surface area contributed by atoms with Gasteiger partial charge < -0.3 is 14.6 Å². The van der Waals surface area contributed by atoms with E-state index in [1.807, 2.05) is 30.0 Å². The Morgan fingerprint density at radius 3 is 2.47 bits per heavy atom. The van der Waals surface area contributed by atoms with Gasteiger partial charge in [-0.1, -0.05) is 12.1 Å². The number of anilines is 2. The van der Waals surface area contributed by atoms with Crippen LogP contribution in [0.5, 0.6) is 0 Å². The topological polar surface area (TPSA) is 85.4 Å². The highest BCUT2D eigenvalue weighted by Crippen LogP contribution is 2.32. The average molecular weight is 534 g/mol. The van der Waals surface area contributed by atoms with Crippen molar-refractivity contribution in [1.29, 1.82) is 5.26 Å². The fourth-order valence-electron chi connectivity index (χ4n) is 4.90. The maximum absolute atomic E-state index is 15.0. The number of fused-ring (bicyclic) bond motifs is 1. The van der Waals surface area contributed by atoms with E-state index in [9.17, 15) is 4.79 Å². The molecular formula is C29H29ClFN5O2. The van der Waals surface area contributed by atoms with Gasteiger partial charge in [-0.3, -0.25) is 14.7 Å². The van der Waals surface area contributed by atoms with Crippen LogP contribution in [0, 0.1) is 24.1 Å². The van der Waals surface area contributed by atoms with Crippen molar-refractivity contribution < 1.29 is 13.6 Å². The summed E-state index contributed by atoms with van der Waals surface area (Å²) in [5, 5.41) is 12.5. The Morgan fingerprint density at radius 1 is 1.16 bits per heavy atom. The van der Waals surface area contributed by atoms with E-state index in [1.165, 1.54) is 12.3 Å². The molecule has 2 aromatic heterocycles. The van der Waals surface area contributed by atoms with E-state index >= 15 is 4.39 Å². The van der Waals surface area contributed by atoms with Gasteiger partial charge in [0.1, 0.15) is 17.7 Å². The number of carbonyl (C=O) groups excluding carboxylic acids is 1. The van der Waals surface area contributed by atoms with Crippen molar-refractivity contribution in [2.45, 2.75) is 32.9 Å². The van der Waals surface area contributed by atoms with Crippen LogP contribution in [0.1, 0.15) is 35.3 Å². The van der Waals surface area contributed by atoms with Gasteiger partial charge in [0.2, 0.25) is 0 Å². The van der Waals surface area contributed by atoms with Crippen molar-refractivity contribution in [3.8, 4) is 17.3 Å². The van der Waals surface area contributed by atoms with E-state index < -0.39 is 0 Å². The molecule has 2 atom stereocenters. The minimum atomic E-state index is -0.365. The number of benzene rings is 2. The fourth-order valence-corrected chi connectivity index (χ4v) is 4.90. The van der Waals surface area contributed by atoms with E-state index in [1.54, 1.807) is 24.4 Å². The number of piperazine rings is 1. The highest BCUT2D eigenvalue weighted by molar-refractivity contribution is 6.12. The summed E-state index contributed by atoms with van der Waals surface area (Å²) in [6.07, 6.45) is 2.96. The minimum absolute atomic E-state index is 0. The lowest BCUT2D eigenvalue weighted by molar-refractivity contribution is 0.102. The van der Waals surface area contributed by atoms with Crippen molar-refractivity contribution in [2.75, 3.05) is 30.4 Å². The molecule has 0 radical (unpaired) electrons. The highest BCUT2D eigenvalue weighted by atomic mass is 35.5. The molecule has 7 nitrogen and oxygen atoms in total. The molecule has 0 saturated carbocycles. The third-order valence-electron chi connectivity index (χ3n) is 7.21. The van der Waals surface area contributed by atoms with E-state index in [-0.39, 0.29) is 36.2 Å². The summed E-state index contributed by atoms with van der Waals surface area (Å²) < 4.78 is 20.6. The number of amides is 1. The molecule has 1 fully saturated rings. The molecule has 196 valence electrons. The number of pyridine rings is 1. The van der Waals surface area contributed by atoms with Crippen LogP contribution in [0.4, 0.5) is 15.8 Å². The Hall–Kier alpha value is -3.93. The lowest BCUT2D eigenvalue weighted by Gasteiger charge is -2.43. The molecule has 38 heavy (non-hydrogen) atoms. The summed E-state index contributed by atoms with van der Waals surface area (Å²) in [5.74, 6) is -0.722. The van der Waals surface area contributed by atoms with Crippen LogP contribution < -0.4 is 10.2 Å². The second kappa shape index (κ2) is 10.8. The third kappa shape index (κ3) is 5.08. The Morgan fingerprint density at radius 2 is 1.84 bits per heavy atom. The van der Waals surface area contributed by atoms with Gasteiger partial charge in [0.05, 0.1) is 40.5 Å². The predicted molar refractivity (Wildman–Crippen MR) is 149 cm³/mol. The number of aryl methyl sites for hydroxylation is 1. The molecule has 2 aromatic carbocycles. The Balaban J connectivity index is 0.00000336. The zero-order valence-electron chi connectivity index (χ0n) is 21.7. The number of nitriles is 1. The quantitative estimate of drug-likeness (QED) is 0.345. The number of carbonyl (C=O) groups is 1. The average Bonchev–Trinajstić information content (AvgIpc) is 3.29. The summed E-state index contributed by atoms with van der Waals surface area (Å²) in [6, 6.07) is 14.8. The van der Waals surface area contributed by atoms with Gasteiger partial charge in [0.25, 0.3) is 5.91 Å². The van der Waals surface area contributed by atoms with Crippen LogP contribution in [0.3, 0.4) is 0 Å². The standard InChI is InChI=1S/C29H28FN5O2.ClH/c1-17-9-22(13-32-28(17)21-7-5-20(12-31)6-8-21)33-29(36)24-16-37-27-11-25(30)26(10-23(24)27)35-14-18(2)34(4)19(3)15-35;/h5-11,13,16,18-19H,14-15H2,1-4H3,(H,33,36);1H/t18-,19+;. The summed E-state index contributed by atoms with van der Waals surface area (Å²) >= 11 is 0. The molecule has 4 aromatic rings. The van der Waals surface area contributed by atoms with Gasteiger partial charge in [-0.25, -0.2) is 4.39 Å². The summed E-state index contributed by atoms with van der Waals surface area (Å²) in [4.78, 5) is 22.0. The normalized spacial score (nSPS) is 17.6. The number of furan rings is 1. The Kier molecular flexibility index (Phi) is 7.72. The second-order valence-corrected chi connectivity index (χ2v) is 9.75. The van der Waals surface area contributed by atoms with E-state index in [2.05, 4.69) is 42.2 Å². The van der Waals surface area contributed by atoms with Crippen molar-refractivity contribution in [1.82, 2.24) is 9.88 Å². The SMILES string of the molecule is Cc1cc(NC(=O)c2coc3cc(F)c(N4C[C@@H](C)N(C)[C@@H](C)C4)cc23)cnc1-c1ccc(C#N)cc1.Cl. The molecule has 3 heterocycles. The lowest BCUT2D eigenvalue weighted by Crippen LogP contribution is -2.55. The van der Waals surface area contributed by atoms with Crippen LogP contribution in [0.15, 0.2) is 59.3 Å². The van der Waals surface area contributed by atoms with Crippen LogP contribution >= 0.6 is 12.4 Å². The largest absolute Gasteiger partial charge is 0.463 e. The van der Waals surface area contributed by atoms with Crippen LogP contribution in [-0.4, -0.2) is 48.0 Å². The monoisotopic (exact) mass is 533 g/mol. The molecule has 1 amide bonds. The zero-order valence-corrected chi connectivity index (χ0v) is 22.5. The third-order valence-corrected chi connectivity index (χ3v) is 7.21. The number of hydrogen-bond acceptors (Lipinski definition) is 6. The van der Waals surface area contributed by atoms with Gasteiger partial charge in [-0.2, -0.15) is 5.26 Å². The first-order valence-electron chi connectivity index (χ1n) is 12.2. The van der Waals surface area contributed by atoms with E-state index in [4.69, 9.17) is 9.68 Å². The number of aromatic nitrogens is 1. The fraction of sp³-hybridized carbons (Fsp3) is 0.276. The molecule has 1 aliphatic rings. The molecule has 0 spiro atoms. The Bertz CT molecular complexity index is 1520. The summed E-state index contributed by atoms with van der Waals surface area (Å²) in [5.41, 5.74) is 4.79. The minimum Gasteiger partial charge on any atom is -0.463 e. The molecule has 9 heteroatoms. The van der Waals surface area contributed by atoms with Crippen molar-refractivity contribution in [2.24, 2.45) is 0 Å². The van der Waals surface area contributed by atoms with Crippen molar-refractivity contribution >= 4 is 40.7 Å². The number of likely N-dealkylation sites (N-methyl/N-ethyl adjacent to an activating group) is 1. The molecule has 1 saturated heterocycles. The molecule has 1 N–H and O–H groups in total. The number of halogens is 2. The molecule has 5 rings (SSSR count). The van der Waals surface area contributed by atoms with Crippen LogP contribution in [0.2, 0.25) is 0 Å². The zero-order chi connectivity index (χ0) is 26.3. The lowest BCUT2D eigenvalue weighted by atomic mass is 10.0. The second-order valence-electron chi connectivity index (χ2n) is 9.75. The summed E-state index contributed by atoms with van der Waals surface area (Å²) in [6.45, 7) is 7.55. The van der Waals surface area contributed by atoms with E-state index in [0.29, 0.717) is 46.6 Å². The maximum atomic E-state index is 15.0.